The third kappa shape index (κ3) is 3.30. The summed E-state index contributed by atoms with van der Waals surface area (Å²) >= 11 is 0. The van der Waals surface area contributed by atoms with Crippen molar-refractivity contribution in [2.24, 2.45) is 0 Å². The maximum atomic E-state index is 11.2. The molecule has 0 fully saturated rings. The van der Waals surface area contributed by atoms with Crippen LogP contribution in [-0.2, 0) is 4.79 Å². The van der Waals surface area contributed by atoms with Crippen LogP contribution in [0.5, 0.6) is 0 Å². The Labute approximate surface area is 98.3 Å². The molecule has 1 rings (SSSR count). The van der Waals surface area contributed by atoms with E-state index >= 15 is 0 Å². The SMILES string of the molecule is CCCCNc1c(NCCC(=O)O)c(=O)c1=O. The van der Waals surface area contributed by atoms with Gasteiger partial charge < -0.3 is 15.7 Å². The number of aliphatic carboxylic acids is 1. The van der Waals surface area contributed by atoms with Gasteiger partial charge in [-0.15, -0.1) is 0 Å². The van der Waals surface area contributed by atoms with E-state index in [-0.39, 0.29) is 24.3 Å². The van der Waals surface area contributed by atoms with Crippen molar-refractivity contribution in [2.75, 3.05) is 23.7 Å². The predicted octanol–water partition coefficient (Wildman–Crippen LogP) is 0.381. The Hall–Kier alpha value is -1.85. The molecule has 0 unspecified atom stereocenters. The summed E-state index contributed by atoms with van der Waals surface area (Å²) in [7, 11) is 0. The van der Waals surface area contributed by atoms with Gasteiger partial charge in [-0.05, 0) is 6.42 Å². The monoisotopic (exact) mass is 240 g/mol. The van der Waals surface area contributed by atoms with Crippen molar-refractivity contribution < 1.29 is 9.90 Å². The Balaban J connectivity index is 2.53. The highest BCUT2D eigenvalue weighted by molar-refractivity contribution is 5.74. The predicted molar refractivity (Wildman–Crippen MR) is 65.5 cm³/mol. The van der Waals surface area contributed by atoms with Crippen LogP contribution in [-0.4, -0.2) is 24.2 Å². The first kappa shape index (κ1) is 13.2. The first-order valence-electron chi connectivity index (χ1n) is 5.60. The Morgan fingerprint density at radius 1 is 1.12 bits per heavy atom. The largest absolute Gasteiger partial charge is 0.481 e. The second-order valence-corrected chi connectivity index (χ2v) is 3.76. The summed E-state index contributed by atoms with van der Waals surface area (Å²) in [6, 6.07) is 0. The quantitative estimate of drug-likeness (QED) is 0.449. The van der Waals surface area contributed by atoms with Crippen LogP contribution in [0.25, 0.3) is 0 Å². The molecular formula is C11H16N2O4. The Morgan fingerprint density at radius 3 is 2.12 bits per heavy atom. The van der Waals surface area contributed by atoms with Crippen molar-refractivity contribution in [3.63, 3.8) is 0 Å². The van der Waals surface area contributed by atoms with Crippen LogP contribution in [0.1, 0.15) is 26.2 Å². The Kier molecular flexibility index (Phi) is 4.68. The van der Waals surface area contributed by atoms with Crippen LogP contribution in [0.2, 0.25) is 0 Å². The molecule has 0 saturated heterocycles. The maximum Gasteiger partial charge on any atom is 0.305 e. The van der Waals surface area contributed by atoms with Crippen LogP contribution in [0.15, 0.2) is 9.59 Å². The molecule has 17 heavy (non-hydrogen) atoms. The van der Waals surface area contributed by atoms with E-state index in [1.54, 1.807) is 0 Å². The zero-order valence-corrected chi connectivity index (χ0v) is 9.71. The summed E-state index contributed by atoms with van der Waals surface area (Å²) in [6.45, 7) is 2.80. The lowest BCUT2D eigenvalue weighted by atomic mass is 10.2. The number of anilines is 2. The Bertz CT molecular complexity index is 460. The molecule has 0 bridgehead atoms. The topological polar surface area (TPSA) is 95.5 Å². The summed E-state index contributed by atoms with van der Waals surface area (Å²) < 4.78 is 0. The van der Waals surface area contributed by atoms with Crippen LogP contribution in [0.4, 0.5) is 11.4 Å². The molecular weight excluding hydrogens is 224 g/mol. The van der Waals surface area contributed by atoms with E-state index in [0.29, 0.717) is 6.54 Å². The molecule has 0 aliphatic rings. The number of unbranched alkanes of at least 4 members (excludes halogenated alkanes) is 1. The van der Waals surface area contributed by atoms with E-state index in [9.17, 15) is 14.4 Å². The average Bonchev–Trinajstić information content (AvgIpc) is 2.30. The minimum atomic E-state index is -0.948. The highest BCUT2D eigenvalue weighted by Crippen LogP contribution is 2.14. The maximum absolute atomic E-state index is 11.2. The molecule has 0 heterocycles. The van der Waals surface area contributed by atoms with Gasteiger partial charge in [0.05, 0.1) is 6.42 Å². The number of hydrogen-bond donors (Lipinski definition) is 3. The number of rotatable bonds is 8. The molecule has 1 aromatic rings. The van der Waals surface area contributed by atoms with Gasteiger partial charge in [-0.1, -0.05) is 13.3 Å². The van der Waals surface area contributed by atoms with Gasteiger partial charge in [0.25, 0.3) is 10.9 Å². The lowest BCUT2D eigenvalue weighted by molar-refractivity contribution is -0.136. The number of nitrogens with one attached hydrogen (secondary N) is 2. The van der Waals surface area contributed by atoms with Crippen LogP contribution in [0, 0.1) is 0 Å². The summed E-state index contributed by atoms with van der Waals surface area (Å²) in [5.41, 5.74) is -0.602. The summed E-state index contributed by atoms with van der Waals surface area (Å²) in [4.78, 5) is 32.8. The van der Waals surface area contributed by atoms with Crippen LogP contribution >= 0.6 is 0 Å². The van der Waals surface area contributed by atoms with E-state index < -0.39 is 16.8 Å². The van der Waals surface area contributed by atoms with Crippen molar-refractivity contribution in [1.29, 1.82) is 0 Å². The summed E-state index contributed by atoms with van der Waals surface area (Å²) in [5, 5.41) is 14.0. The molecule has 0 saturated carbocycles. The number of carboxylic acid groups (broad SMARTS) is 1. The fourth-order valence-electron chi connectivity index (χ4n) is 1.41. The fraction of sp³-hybridized carbons (Fsp3) is 0.545. The van der Waals surface area contributed by atoms with Gasteiger partial charge in [0.1, 0.15) is 11.4 Å². The molecule has 0 aromatic heterocycles. The van der Waals surface area contributed by atoms with Crippen molar-refractivity contribution in [2.45, 2.75) is 26.2 Å². The lowest BCUT2D eigenvalue weighted by Gasteiger charge is -2.13. The summed E-state index contributed by atoms with van der Waals surface area (Å²) in [5.74, 6) is -0.948. The molecule has 0 atom stereocenters. The summed E-state index contributed by atoms with van der Waals surface area (Å²) in [6.07, 6.45) is 1.81. The fourth-order valence-corrected chi connectivity index (χ4v) is 1.41. The van der Waals surface area contributed by atoms with Gasteiger partial charge in [-0.25, -0.2) is 0 Å². The minimum Gasteiger partial charge on any atom is -0.481 e. The molecule has 0 aliphatic heterocycles. The molecule has 0 aliphatic carbocycles. The third-order valence-corrected chi connectivity index (χ3v) is 2.38. The van der Waals surface area contributed by atoms with Gasteiger partial charge in [0.2, 0.25) is 0 Å². The van der Waals surface area contributed by atoms with Crippen LogP contribution in [0.3, 0.4) is 0 Å². The molecule has 0 amide bonds. The molecule has 1 aromatic carbocycles. The van der Waals surface area contributed by atoms with Crippen molar-refractivity contribution in [3.8, 4) is 0 Å². The molecule has 0 spiro atoms. The smallest absolute Gasteiger partial charge is 0.305 e. The zero-order valence-electron chi connectivity index (χ0n) is 9.71. The van der Waals surface area contributed by atoms with Gasteiger partial charge in [0, 0.05) is 13.1 Å². The van der Waals surface area contributed by atoms with E-state index in [4.69, 9.17) is 5.11 Å². The van der Waals surface area contributed by atoms with E-state index in [0.717, 1.165) is 12.8 Å². The molecule has 6 nitrogen and oxygen atoms in total. The highest BCUT2D eigenvalue weighted by atomic mass is 16.4. The van der Waals surface area contributed by atoms with Crippen LogP contribution < -0.4 is 21.5 Å². The minimum absolute atomic E-state index is 0.0901. The van der Waals surface area contributed by atoms with Crippen molar-refractivity contribution >= 4 is 17.3 Å². The zero-order chi connectivity index (χ0) is 12.8. The normalized spacial score (nSPS) is 10.4. The standard InChI is InChI=1S/C11H16N2O4/c1-2-3-5-12-8-9(11(17)10(8)16)13-6-4-7(14)15/h12-13H,2-6H2,1H3,(H,14,15). The number of hydrogen-bond acceptors (Lipinski definition) is 5. The molecule has 94 valence electrons. The first-order valence-corrected chi connectivity index (χ1v) is 5.60. The first-order chi connectivity index (χ1) is 8.07. The van der Waals surface area contributed by atoms with Crippen molar-refractivity contribution in [3.05, 3.63) is 20.4 Å². The lowest BCUT2D eigenvalue weighted by Crippen LogP contribution is -2.37. The number of carbonyl (C=O) groups is 1. The second kappa shape index (κ2) is 6.03. The third-order valence-electron chi connectivity index (χ3n) is 2.38. The van der Waals surface area contributed by atoms with E-state index in [1.807, 2.05) is 6.92 Å². The van der Waals surface area contributed by atoms with Gasteiger partial charge in [0.15, 0.2) is 0 Å². The molecule has 0 radical (unpaired) electrons. The Morgan fingerprint density at radius 2 is 1.65 bits per heavy atom. The van der Waals surface area contributed by atoms with Gasteiger partial charge in [-0.3, -0.25) is 14.4 Å². The highest BCUT2D eigenvalue weighted by Gasteiger charge is 2.19. The van der Waals surface area contributed by atoms with Gasteiger partial charge in [-0.2, -0.15) is 0 Å². The second-order valence-electron chi connectivity index (χ2n) is 3.76. The molecule has 6 heteroatoms. The van der Waals surface area contributed by atoms with Gasteiger partial charge >= 0.3 is 5.97 Å². The van der Waals surface area contributed by atoms with E-state index in [2.05, 4.69) is 10.6 Å². The molecule has 3 N–H and O–H groups in total. The van der Waals surface area contributed by atoms with E-state index in [1.165, 1.54) is 0 Å². The average molecular weight is 240 g/mol. The number of carboxylic acids is 1. The van der Waals surface area contributed by atoms with Crippen molar-refractivity contribution in [1.82, 2.24) is 0 Å².